The van der Waals surface area contributed by atoms with Gasteiger partial charge in [-0.3, -0.25) is 4.90 Å². The van der Waals surface area contributed by atoms with E-state index in [0.717, 1.165) is 29.9 Å². The molecule has 4 heteroatoms. The average molecular weight is 407 g/mol. The average Bonchev–Trinajstić information content (AvgIpc) is 3.11. The Morgan fingerprint density at radius 3 is 2.10 bits per heavy atom. The highest BCUT2D eigenvalue weighted by Crippen LogP contribution is 2.25. The van der Waals surface area contributed by atoms with Crippen LogP contribution in [0.15, 0.2) is 48.5 Å². The van der Waals surface area contributed by atoms with Crippen LogP contribution in [0.4, 0.5) is 5.69 Å². The second-order valence-electron chi connectivity index (χ2n) is 8.94. The van der Waals surface area contributed by atoms with E-state index < -0.39 is 0 Å². The molecule has 1 saturated heterocycles. The molecule has 0 saturated carbocycles. The summed E-state index contributed by atoms with van der Waals surface area (Å²) in [6.45, 7) is 12.9. The highest BCUT2D eigenvalue weighted by molar-refractivity contribution is 5.66. The van der Waals surface area contributed by atoms with Crippen molar-refractivity contribution in [2.45, 2.75) is 38.5 Å². The van der Waals surface area contributed by atoms with Crippen LogP contribution in [0.5, 0.6) is 5.75 Å². The van der Waals surface area contributed by atoms with E-state index in [1.807, 2.05) is 36.4 Å². The molecule has 1 fully saturated rings. The van der Waals surface area contributed by atoms with Crippen molar-refractivity contribution < 1.29 is 9.22 Å². The number of ether oxygens (including phenoxy) is 1. The van der Waals surface area contributed by atoms with E-state index in [2.05, 4.69) is 36.0 Å². The van der Waals surface area contributed by atoms with Crippen LogP contribution < -0.4 is 4.74 Å². The van der Waals surface area contributed by atoms with Gasteiger partial charge in [-0.05, 0) is 49.6 Å². The zero-order valence-corrected chi connectivity index (χ0v) is 18.6. The lowest BCUT2D eigenvalue weighted by Gasteiger charge is -2.28. The second kappa shape index (κ2) is 11.2. The second-order valence-corrected chi connectivity index (χ2v) is 8.94. The number of quaternary nitrogens is 1. The molecule has 30 heavy (non-hydrogen) atoms. The first-order chi connectivity index (χ1) is 14.6. The number of hydrogen-bond acceptors (Lipinski definition) is 2. The van der Waals surface area contributed by atoms with Gasteiger partial charge in [-0.25, -0.2) is 4.85 Å². The van der Waals surface area contributed by atoms with E-state index in [0.29, 0.717) is 5.69 Å². The summed E-state index contributed by atoms with van der Waals surface area (Å²) >= 11 is 0. The van der Waals surface area contributed by atoms with Crippen molar-refractivity contribution in [3.8, 4) is 16.9 Å². The van der Waals surface area contributed by atoms with Crippen LogP contribution in [-0.4, -0.2) is 56.4 Å². The van der Waals surface area contributed by atoms with Crippen LogP contribution in [0.3, 0.4) is 0 Å². The van der Waals surface area contributed by atoms with E-state index in [-0.39, 0.29) is 0 Å². The van der Waals surface area contributed by atoms with Gasteiger partial charge in [0.25, 0.3) is 0 Å². The number of benzene rings is 2. The first kappa shape index (κ1) is 22.3. The van der Waals surface area contributed by atoms with Gasteiger partial charge in [0.2, 0.25) is 0 Å². The third-order valence-corrected chi connectivity index (χ3v) is 6.15. The third kappa shape index (κ3) is 6.86. The van der Waals surface area contributed by atoms with Crippen molar-refractivity contribution in [1.29, 1.82) is 0 Å². The zero-order chi connectivity index (χ0) is 21.2. The quantitative estimate of drug-likeness (QED) is 0.260. The molecule has 0 aliphatic carbocycles. The van der Waals surface area contributed by atoms with Crippen molar-refractivity contribution in [3.05, 3.63) is 59.9 Å². The molecular weight excluding hydrogens is 370 g/mol. The lowest BCUT2D eigenvalue weighted by Crippen LogP contribution is -2.43. The fourth-order valence-corrected chi connectivity index (χ4v) is 4.28. The summed E-state index contributed by atoms with van der Waals surface area (Å²) in [5.41, 5.74) is 2.95. The van der Waals surface area contributed by atoms with Crippen molar-refractivity contribution in [1.82, 2.24) is 4.90 Å². The van der Waals surface area contributed by atoms with Gasteiger partial charge in [0, 0.05) is 0 Å². The minimum Gasteiger partial charge on any atom is -0.494 e. The zero-order valence-electron chi connectivity index (χ0n) is 18.6. The molecule has 1 aliphatic rings. The predicted molar refractivity (Wildman–Crippen MR) is 125 cm³/mol. The molecule has 160 valence electrons. The summed E-state index contributed by atoms with van der Waals surface area (Å²) in [6.07, 6.45) is 7.74. The Balaban J connectivity index is 1.25. The van der Waals surface area contributed by atoms with Crippen LogP contribution in [-0.2, 0) is 0 Å². The largest absolute Gasteiger partial charge is 0.494 e. The van der Waals surface area contributed by atoms with Crippen LogP contribution >= 0.6 is 0 Å². The topological polar surface area (TPSA) is 16.8 Å². The van der Waals surface area contributed by atoms with Gasteiger partial charge in [0.15, 0.2) is 5.69 Å². The summed E-state index contributed by atoms with van der Waals surface area (Å²) in [5, 5.41) is 0. The molecule has 0 radical (unpaired) electrons. The van der Waals surface area contributed by atoms with E-state index in [1.54, 1.807) is 0 Å². The first-order valence-corrected chi connectivity index (χ1v) is 11.3. The van der Waals surface area contributed by atoms with Crippen molar-refractivity contribution >= 4 is 5.69 Å². The summed E-state index contributed by atoms with van der Waals surface area (Å²) < 4.78 is 7.14. The monoisotopic (exact) mass is 406 g/mol. The molecule has 0 N–H and O–H groups in total. The number of unbranched alkanes of at least 4 members (excludes halogenated alkanes) is 5. The Kier molecular flexibility index (Phi) is 8.30. The van der Waals surface area contributed by atoms with Crippen LogP contribution in [0.25, 0.3) is 16.0 Å². The van der Waals surface area contributed by atoms with Gasteiger partial charge in [-0.15, -0.1) is 0 Å². The summed E-state index contributed by atoms with van der Waals surface area (Å²) in [5.74, 6) is 0.934. The maximum absolute atomic E-state index is 7.03. The predicted octanol–water partition coefficient (Wildman–Crippen LogP) is 5.97. The molecule has 1 atom stereocenters. The number of likely N-dealkylation sites (N-methyl/N-ethyl adjacent to an activating group) is 2. The lowest BCUT2D eigenvalue weighted by atomic mass is 10.1. The highest BCUT2D eigenvalue weighted by Gasteiger charge is 2.29. The van der Waals surface area contributed by atoms with E-state index in [4.69, 9.17) is 11.3 Å². The van der Waals surface area contributed by atoms with Gasteiger partial charge in [-0.1, -0.05) is 55.7 Å². The number of hydrogen-bond donors (Lipinski definition) is 0. The third-order valence-electron chi connectivity index (χ3n) is 6.15. The number of nitrogens with zero attached hydrogens (tertiary/aromatic N) is 3. The highest BCUT2D eigenvalue weighted by atomic mass is 16.5. The van der Waals surface area contributed by atoms with Gasteiger partial charge >= 0.3 is 0 Å². The molecule has 0 amide bonds. The lowest BCUT2D eigenvalue weighted by molar-refractivity contribution is -0.901. The summed E-state index contributed by atoms with van der Waals surface area (Å²) in [6, 6.07) is 16.0. The fraction of sp³-hybridized carbons (Fsp3) is 0.500. The molecule has 3 rings (SSSR count). The Morgan fingerprint density at radius 2 is 1.50 bits per heavy atom. The van der Waals surface area contributed by atoms with E-state index in [1.165, 1.54) is 62.9 Å². The minimum absolute atomic E-state index is 0.675. The van der Waals surface area contributed by atoms with E-state index >= 15 is 0 Å². The van der Waals surface area contributed by atoms with Crippen molar-refractivity contribution in [2.75, 3.05) is 47.0 Å². The molecule has 0 aromatic heterocycles. The van der Waals surface area contributed by atoms with Gasteiger partial charge < -0.3 is 9.22 Å². The normalized spacial score (nSPS) is 19.0. The van der Waals surface area contributed by atoms with Crippen LogP contribution in [0.2, 0.25) is 0 Å². The van der Waals surface area contributed by atoms with Gasteiger partial charge in [0.1, 0.15) is 12.4 Å². The fourth-order valence-electron chi connectivity index (χ4n) is 4.28. The maximum atomic E-state index is 7.03. The smallest absolute Gasteiger partial charge is 0.187 e. The number of rotatable bonds is 11. The Morgan fingerprint density at radius 1 is 0.900 bits per heavy atom. The Bertz CT molecular complexity index is 810. The van der Waals surface area contributed by atoms with Crippen molar-refractivity contribution in [2.24, 2.45) is 0 Å². The molecule has 0 bridgehead atoms. The van der Waals surface area contributed by atoms with Crippen molar-refractivity contribution in [3.63, 3.8) is 0 Å². The SMILES string of the molecule is [C-]#[N+]c1ccc(-c2ccc(OCCCCCCCC[N+]3(C)CCN(C)C3)cc2)cc1. The van der Waals surface area contributed by atoms with E-state index in [9.17, 15) is 0 Å². The molecule has 0 spiro atoms. The molecule has 2 aromatic carbocycles. The van der Waals surface area contributed by atoms with Crippen LogP contribution in [0, 0.1) is 6.57 Å². The van der Waals surface area contributed by atoms with Crippen LogP contribution in [0.1, 0.15) is 38.5 Å². The molecule has 1 unspecified atom stereocenters. The molecule has 1 aliphatic heterocycles. The molecule has 2 aromatic rings. The molecular formula is C26H36N3O+. The standard InChI is InChI=1S/C26H36N3O/c1-27-25-14-10-23(11-15-25)24-12-16-26(17-13-24)30-21-9-7-5-4-6-8-19-29(3)20-18-28(2)22-29/h10-17H,4-9,18-22H2,2-3H3/q+1. The molecule has 1 heterocycles. The van der Waals surface area contributed by atoms with Gasteiger partial charge in [-0.2, -0.15) is 0 Å². The Hall–Kier alpha value is -2.35. The maximum Gasteiger partial charge on any atom is 0.187 e. The van der Waals surface area contributed by atoms with Gasteiger partial charge in [0.05, 0.1) is 39.9 Å². The summed E-state index contributed by atoms with van der Waals surface area (Å²) in [4.78, 5) is 5.88. The first-order valence-electron chi connectivity index (χ1n) is 11.3. The molecule has 4 nitrogen and oxygen atoms in total. The summed E-state index contributed by atoms with van der Waals surface area (Å²) in [7, 11) is 4.63. The Labute approximate surface area is 182 Å². The minimum atomic E-state index is 0.675.